The largest absolute Gasteiger partial charge is 0.299 e. The maximum absolute atomic E-state index is 9.66. The van der Waals surface area contributed by atoms with Crippen molar-refractivity contribution in [2.24, 2.45) is 0 Å². The molecule has 2 atom stereocenters. The Balaban J connectivity index is 1.65. The topological polar surface area (TPSA) is 48.1 Å². The quantitative estimate of drug-likeness (QED) is 0.865. The van der Waals surface area contributed by atoms with E-state index in [1.54, 1.807) is 0 Å². The fourth-order valence-electron chi connectivity index (χ4n) is 4.38. The van der Waals surface area contributed by atoms with Crippen molar-refractivity contribution in [3.8, 4) is 11.8 Å². The molecular formula is C20H25N5. The van der Waals surface area contributed by atoms with Gasteiger partial charge in [-0.2, -0.15) is 10.4 Å². The molecule has 0 spiro atoms. The van der Waals surface area contributed by atoms with Crippen molar-refractivity contribution in [3.63, 3.8) is 0 Å². The molecule has 130 valence electrons. The molecule has 25 heavy (non-hydrogen) atoms. The van der Waals surface area contributed by atoms with Crippen molar-refractivity contribution in [3.05, 3.63) is 47.3 Å². The van der Waals surface area contributed by atoms with Crippen LogP contribution in [0.4, 0.5) is 0 Å². The lowest BCUT2D eigenvalue weighted by Crippen LogP contribution is -2.36. The molecule has 1 aromatic carbocycles. The Morgan fingerprint density at radius 2 is 1.92 bits per heavy atom. The summed E-state index contributed by atoms with van der Waals surface area (Å²) in [5, 5.41) is 14.3. The molecule has 0 radical (unpaired) electrons. The number of benzene rings is 1. The van der Waals surface area contributed by atoms with Gasteiger partial charge in [0, 0.05) is 31.7 Å². The average Bonchev–Trinajstić information content (AvgIpc) is 3.06. The van der Waals surface area contributed by atoms with E-state index in [1.807, 2.05) is 29.8 Å². The van der Waals surface area contributed by atoms with Crippen LogP contribution in [-0.2, 0) is 6.54 Å². The maximum Gasteiger partial charge on any atom is 0.103 e. The van der Waals surface area contributed by atoms with Gasteiger partial charge in [-0.15, -0.1) is 0 Å². The Labute approximate surface area is 149 Å². The molecule has 2 aliphatic rings. The summed E-state index contributed by atoms with van der Waals surface area (Å²) in [4.78, 5) is 5.07. The Morgan fingerprint density at radius 3 is 2.68 bits per heavy atom. The van der Waals surface area contributed by atoms with E-state index in [4.69, 9.17) is 0 Å². The van der Waals surface area contributed by atoms with Gasteiger partial charge in [0.2, 0.25) is 0 Å². The van der Waals surface area contributed by atoms with Crippen LogP contribution in [0.25, 0.3) is 5.69 Å². The Kier molecular flexibility index (Phi) is 4.32. The number of rotatable bonds is 3. The smallest absolute Gasteiger partial charge is 0.103 e. The Hall–Kier alpha value is -2.16. The molecule has 5 heteroatoms. The molecule has 2 aliphatic heterocycles. The summed E-state index contributed by atoms with van der Waals surface area (Å²) in [7, 11) is 2.27. The highest BCUT2D eigenvalue weighted by Crippen LogP contribution is 2.29. The minimum Gasteiger partial charge on any atom is -0.299 e. The molecule has 0 saturated carbocycles. The number of nitrogens with zero attached hydrogens (tertiary/aromatic N) is 5. The first-order chi connectivity index (χ1) is 12.2. The predicted molar refractivity (Wildman–Crippen MR) is 97.5 cm³/mol. The van der Waals surface area contributed by atoms with Crippen molar-refractivity contribution < 1.29 is 0 Å². The van der Waals surface area contributed by atoms with Gasteiger partial charge in [-0.3, -0.25) is 9.80 Å². The molecule has 4 rings (SSSR count). The number of likely N-dealkylation sites (tertiary alicyclic amines) is 1. The lowest BCUT2D eigenvalue weighted by Gasteiger charge is -2.26. The van der Waals surface area contributed by atoms with E-state index in [-0.39, 0.29) is 0 Å². The molecule has 2 aromatic rings. The number of fused-ring (bicyclic) bond motifs is 2. The summed E-state index contributed by atoms with van der Waals surface area (Å²) in [6, 6.07) is 13.9. The first-order valence-corrected chi connectivity index (χ1v) is 9.15. The number of aromatic nitrogens is 2. The SMILES string of the molecule is Cc1nn(-c2ccccc2)c(CN2CCC3CCC(C2)N3C)c1C#N. The van der Waals surface area contributed by atoms with Gasteiger partial charge >= 0.3 is 0 Å². The monoisotopic (exact) mass is 335 g/mol. The van der Waals surface area contributed by atoms with Gasteiger partial charge in [-0.05, 0) is 45.4 Å². The van der Waals surface area contributed by atoms with Gasteiger partial charge in [0.15, 0.2) is 0 Å². The molecule has 3 heterocycles. The van der Waals surface area contributed by atoms with Crippen LogP contribution in [0.3, 0.4) is 0 Å². The van der Waals surface area contributed by atoms with Crippen LogP contribution < -0.4 is 0 Å². The number of nitriles is 1. The molecule has 2 saturated heterocycles. The zero-order chi connectivity index (χ0) is 17.4. The van der Waals surface area contributed by atoms with Crippen LogP contribution in [0.2, 0.25) is 0 Å². The van der Waals surface area contributed by atoms with Crippen LogP contribution in [0, 0.1) is 18.3 Å². The molecule has 2 bridgehead atoms. The highest BCUT2D eigenvalue weighted by molar-refractivity contribution is 5.43. The number of hydrogen-bond donors (Lipinski definition) is 0. The van der Waals surface area contributed by atoms with Crippen molar-refractivity contribution >= 4 is 0 Å². The predicted octanol–water partition coefficient (Wildman–Crippen LogP) is 2.72. The summed E-state index contributed by atoms with van der Waals surface area (Å²) in [6.45, 7) is 4.89. The second-order valence-electron chi connectivity index (χ2n) is 7.34. The standard InChI is InChI=1S/C20H25N5/c1-15-19(12-21)20(25(22-15)17-6-4-3-5-7-17)14-24-11-10-16-8-9-18(13-24)23(16)2/h3-7,16,18H,8-11,13-14H2,1-2H3. The summed E-state index contributed by atoms with van der Waals surface area (Å²) in [5.41, 5.74) is 3.59. The maximum atomic E-state index is 9.66. The normalized spacial score (nSPS) is 24.2. The number of likely N-dealkylation sites (N-methyl/N-ethyl adjacent to an activating group) is 1. The van der Waals surface area contributed by atoms with Gasteiger partial charge in [0.1, 0.15) is 6.07 Å². The molecule has 0 aliphatic carbocycles. The van der Waals surface area contributed by atoms with Crippen molar-refractivity contribution in [2.75, 3.05) is 20.1 Å². The first-order valence-electron chi connectivity index (χ1n) is 9.15. The second kappa shape index (κ2) is 6.62. The first kappa shape index (κ1) is 16.3. The third-order valence-corrected chi connectivity index (χ3v) is 5.87. The lowest BCUT2D eigenvalue weighted by atomic mass is 10.1. The number of hydrogen-bond acceptors (Lipinski definition) is 4. The van der Waals surface area contributed by atoms with Gasteiger partial charge in [-0.25, -0.2) is 4.68 Å². The van der Waals surface area contributed by atoms with Gasteiger partial charge < -0.3 is 0 Å². The van der Waals surface area contributed by atoms with E-state index >= 15 is 0 Å². The van der Waals surface area contributed by atoms with Crippen molar-refractivity contribution in [1.82, 2.24) is 19.6 Å². The lowest BCUT2D eigenvalue weighted by molar-refractivity contribution is 0.212. The molecule has 2 unspecified atom stereocenters. The summed E-state index contributed by atoms with van der Waals surface area (Å²) < 4.78 is 1.96. The fourth-order valence-corrected chi connectivity index (χ4v) is 4.38. The van der Waals surface area contributed by atoms with E-state index in [0.717, 1.165) is 48.3 Å². The average molecular weight is 335 g/mol. The van der Waals surface area contributed by atoms with E-state index in [2.05, 4.69) is 40.1 Å². The fraction of sp³-hybridized carbons (Fsp3) is 0.500. The van der Waals surface area contributed by atoms with E-state index in [9.17, 15) is 5.26 Å². The third-order valence-electron chi connectivity index (χ3n) is 5.87. The highest BCUT2D eigenvalue weighted by Gasteiger charge is 2.35. The molecule has 0 N–H and O–H groups in total. The summed E-state index contributed by atoms with van der Waals surface area (Å²) >= 11 is 0. The third kappa shape index (κ3) is 2.97. The van der Waals surface area contributed by atoms with Crippen LogP contribution in [-0.4, -0.2) is 51.8 Å². The van der Waals surface area contributed by atoms with Gasteiger partial charge in [-0.1, -0.05) is 18.2 Å². The second-order valence-corrected chi connectivity index (χ2v) is 7.34. The van der Waals surface area contributed by atoms with Gasteiger partial charge in [0.25, 0.3) is 0 Å². The van der Waals surface area contributed by atoms with Crippen LogP contribution >= 0.6 is 0 Å². The molecule has 2 fully saturated rings. The molecule has 1 aromatic heterocycles. The highest BCUT2D eigenvalue weighted by atomic mass is 15.3. The molecular weight excluding hydrogens is 310 g/mol. The molecule has 0 amide bonds. The van der Waals surface area contributed by atoms with Gasteiger partial charge in [0.05, 0.1) is 22.6 Å². The van der Waals surface area contributed by atoms with E-state index in [1.165, 1.54) is 19.3 Å². The Bertz CT molecular complexity index is 788. The Morgan fingerprint density at radius 1 is 1.16 bits per heavy atom. The summed E-state index contributed by atoms with van der Waals surface area (Å²) in [5.74, 6) is 0. The van der Waals surface area contributed by atoms with Crippen molar-refractivity contribution in [2.45, 2.75) is 44.8 Å². The van der Waals surface area contributed by atoms with E-state index < -0.39 is 0 Å². The zero-order valence-electron chi connectivity index (χ0n) is 15.0. The number of aryl methyl sites for hydroxylation is 1. The summed E-state index contributed by atoms with van der Waals surface area (Å²) in [6.07, 6.45) is 3.84. The minimum atomic E-state index is 0.646. The van der Waals surface area contributed by atoms with Crippen molar-refractivity contribution in [1.29, 1.82) is 5.26 Å². The number of para-hydroxylation sites is 1. The van der Waals surface area contributed by atoms with Crippen LogP contribution in [0.5, 0.6) is 0 Å². The molecule has 5 nitrogen and oxygen atoms in total. The minimum absolute atomic E-state index is 0.646. The zero-order valence-corrected chi connectivity index (χ0v) is 15.0. The van der Waals surface area contributed by atoms with Crippen LogP contribution in [0.1, 0.15) is 36.2 Å². The van der Waals surface area contributed by atoms with E-state index in [0.29, 0.717) is 6.04 Å². The van der Waals surface area contributed by atoms with Crippen LogP contribution in [0.15, 0.2) is 30.3 Å².